The van der Waals surface area contributed by atoms with Crippen LogP contribution in [0.2, 0.25) is 0 Å². The first-order chi connectivity index (χ1) is 7.69. The molecule has 0 saturated carbocycles. The van der Waals surface area contributed by atoms with Crippen LogP contribution in [0, 0.1) is 0 Å². The summed E-state index contributed by atoms with van der Waals surface area (Å²) in [7, 11) is 0. The van der Waals surface area contributed by atoms with Crippen LogP contribution in [0.5, 0.6) is 0 Å². The van der Waals surface area contributed by atoms with Crippen LogP contribution in [-0.4, -0.2) is 29.6 Å². The molecule has 2 heteroatoms. The number of nitrogens with one attached hydrogen (secondary N) is 1. The van der Waals surface area contributed by atoms with Crippen molar-refractivity contribution < 1.29 is 0 Å². The van der Waals surface area contributed by atoms with E-state index >= 15 is 0 Å². The number of benzene rings is 2. The third-order valence-electron chi connectivity index (χ3n) is 3.47. The van der Waals surface area contributed by atoms with Gasteiger partial charge in [0.25, 0.3) is 0 Å². The molecule has 0 aliphatic carbocycles. The Morgan fingerprint density at radius 2 is 1.18 bits per heavy atom. The molecule has 0 spiro atoms. The second kappa shape index (κ2) is 4.49. The summed E-state index contributed by atoms with van der Waals surface area (Å²) >= 11 is 0. The third kappa shape index (κ3) is 1.93. The van der Waals surface area contributed by atoms with Gasteiger partial charge >= 0.3 is 29.6 Å². The van der Waals surface area contributed by atoms with Gasteiger partial charge < -0.3 is 5.32 Å². The Labute approximate surface area is 125 Å². The van der Waals surface area contributed by atoms with E-state index in [1.165, 1.54) is 22.5 Å². The van der Waals surface area contributed by atoms with E-state index in [-0.39, 0.29) is 35.0 Å². The van der Waals surface area contributed by atoms with Crippen molar-refractivity contribution in [3.05, 3.63) is 59.7 Å². The van der Waals surface area contributed by atoms with Gasteiger partial charge in [0.2, 0.25) is 0 Å². The van der Waals surface area contributed by atoms with Crippen LogP contribution in [-0.2, 0) is 5.41 Å². The zero-order valence-corrected chi connectivity index (χ0v) is 9.62. The maximum absolute atomic E-state index is 3.50. The Hall–Kier alpha value is -0.760. The van der Waals surface area contributed by atoms with Crippen LogP contribution in [0.3, 0.4) is 0 Å². The molecule has 1 aliphatic heterocycles. The molecular formula is C15H16NNa. The molecular weight excluding hydrogens is 217 g/mol. The molecule has 2 aromatic rings. The molecule has 1 aliphatic rings. The van der Waals surface area contributed by atoms with Crippen LogP contribution in [0.1, 0.15) is 25.0 Å². The number of rotatable bonds is 0. The van der Waals surface area contributed by atoms with E-state index in [2.05, 4.69) is 67.7 Å². The van der Waals surface area contributed by atoms with Gasteiger partial charge in [-0.1, -0.05) is 50.2 Å². The number of fused-ring (bicyclic) bond motifs is 2. The predicted octanol–water partition coefficient (Wildman–Crippen LogP) is 3.42. The first-order valence-corrected chi connectivity index (χ1v) is 5.65. The van der Waals surface area contributed by atoms with Crippen molar-refractivity contribution in [1.82, 2.24) is 0 Å². The van der Waals surface area contributed by atoms with Gasteiger partial charge in [0.15, 0.2) is 0 Å². The van der Waals surface area contributed by atoms with Crippen molar-refractivity contribution >= 4 is 40.9 Å². The summed E-state index contributed by atoms with van der Waals surface area (Å²) in [4.78, 5) is 0. The van der Waals surface area contributed by atoms with E-state index in [0.29, 0.717) is 0 Å². The molecule has 1 heterocycles. The molecule has 0 bridgehead atoms. The second-order valence-corrected chi connectivity index (χ2v) is 4.84. The second-order valence-electron chi connectivity index (χ2n) is 4.84. The van der Waals surface area contributed by atoms with Crippen LogP contribution >= 0.6 is 0 Å². The molecule has 1 N–H and O–H groups in total. The number of anilines is 2. The molecule has 0 atom stereocenters. The van der Waals surface area contributed by atoms with Crippen molar-refractivity contribution in [2.75, 3.05) is 5.32 Å². The zero-order valence-electron chi connectivity index (χ0n) is 9.62. The Balaban J connectivity index is 0.00000108. The van der Waals surface area contributed by atoms with Gasteiger partial charge in [-0.2, -0.15) is 0 Å². The molecule has 82 valence electrons. The Morgan fingerprint density at radius 1 is 0.765 bits per heavy atom. The molecule has 2 aromatic carbocycles. The number of hydrogen-bond donors (Lipinski definition) is 1. The van der Waals surface area contributed by atoms with Crippen molar-refractivity contribution in [3.63, 3.8) is 0 Å². The van der Waals surface area contributed by atoms with E-state index < -0.39 is 0 Å². The molecule has 0 saturated heterocycles. The Morgan fingerprint density at radius 3 is 1.65 bits per heavy atom. The minimum absolute atomic E-state index is 0. The summed E-state index contributed by atoms with van der Waals surface area (Å²) in [5.74, 6) is 0. The molecule has 3 rings (SSSR count). The fourth-order valence-corrected chi connectivity index (χ4v) is 2.56. The van der Waals surface area contributed by atoms with E-state index in [1.807, 2.05) is 0 Å². The van der Waals surface area contributed by atoms with E-state index in [9.17, 15) is 0 Å². The van der Waals surface area contributed by atoms with E-state index in [4.69, 9.17) is 0 Å². The Kier molecular flexibility index (Phi) is 3.35. The Bertz CT molecular complexity index is 499. The summed E-state index contributed by atoms with van der Waals surface area (Å²) in [6.07, 6.45) is 0. The predicted molar refractivity (Wildman–Crippen MR) is 75.4 cm³/mol. The van der Waals surface area contributed by atoms with Gasteiger partial charge in [-0.3, -0.25) is 0 Å². The summed E-state index contributed by atoms with van der Waals surface area (Å²) in [6, 6.07) is 17.1. The summed E-state index contributed by atoms with van der Waals surface area (Å²) in [5.41, 5.74) is 5.28. The van der Waals surface area contributed by atoms with Crippen molar-refractivity contribution in [3.8, 4) is 0 Å². The van der Waals surface area contributed by atoms with E-state index in [0.717, 1.165) is 0 Å². The van der Waals surface area contributed by atoms with Crippen LogP contribution in [0.25, 0.3) is 0 Å². The summed E-state index contributed by atoms with van der Waals surface area (Å²) < 4.78 is 0. The SMILES string of the molecule is CC1(C)c2ccccc2Nc2ccccc21.[NaH]. The third-order valence-corrected chi connectivity index (χ3v) is 3.47. The molecule has 17 heavy (non-hydrogen) atoms. The van der Waals surface area contributed by atoms with Crippen LogP contribution in [0.15, 0.2) is 48.5 Å². The normalized spacial score (nSPS) is 14.9. The fourth-order valence-electron chi connectivity index (χ4n) is 2.56. The molecule has 0 fully saturated rings. The molecule has 0 unspecified atom stereocenters. The van der Waals surface area contributed by atoms with Gasteiger partial charge in [-0.25, -0.2) is 0 Å². The van der Waals surface area contributed by atoms with Crippen LogP contribution in [0.4, 0.5) is 11.4 Å². The van der Waals surface area contributed by atoms with Gasteiger partial charge in [0, 0.05) is 16.8 Å². The van der Waals surface area contributed by atoms with Crippen molar-refractivity contribution in [2.45, 2.75) is 19.3 Å². The number of hydrogen-bond acceptors (Lipinski definition) is 1. The first kappa shape index (κ1) is 12.7. The minimum atomic E-state index is 0. The summed E-state index contributed by atoms with van der Waals surface area (Å²) in [6.45, 7) is 4.57. The quantitative estimate of drug-likeness (QED) is 0.687. The van der Waals surface area contributed by atoms with Gasteiger partial charge in [-0.05, 0) is 23.3 Å². The monoisotopic (exact) mass is 233 g/mol. The zero-order chi connectivity index (χ0) is 11.2. The van der Waals surface area contributed by atoms with Crippen molar-refractivity contribution in [2.24, 2.45) is 0 Å². The maximum atomic E-state index is 3.50. The van der Waals surface area contributed by atoms with Gasteiger partial charge in [-0.15, -0.1) is 0 Å². The topological polar surface area (TPSA) is 12.0 Å². The molecule has 0 aromatic heterocycles. The average molecular weight is 233 g/mol. The first-order valence-electron chi connectivity index (χ1n) is 5.65. The van der Waals surface area contributed by atoms with E-state index in [1.54, 1.807) is 0 Å². The summed E-state index contributed by atoms with van der Waals surface area (Å²) in [5, 5.41) is 3.50. The standard InChI is InChI=1S/C15H15N.Na.H/c1-15(2)11-7-3-5-9-13(11)16-14-10-6-4-8-12(14)15;;/h3-10,16H,1-2H3;;. The average Bonchev–Trinajstić information content (AvgIpc) is 2.29. The van der Waals surface area contributed by atoms with Gasteiger partial charge in [0.05, 0.1) is 0 Å². The van der Waals surface area contributed by atoms with Gasteiger partial charge in [0.1, 0.15) is 0 Å². The van der Waals surface area contributed by atoms with Crippen LogP contribution < -0.4 is 5.32 Å². The molecule has 0 amide bonds. The fraction of sp³-hybridized carbons (Fsp3) is 0.200. The van der Waals surface area contributed by atoms with Crippen molar-refractivity contribution in [1.29, 1.82) is 0 Å². The number of para-hydroxylation sites is 2. The molecule has 1 nitrogen and oxygen atoms in total. The molecule has 0 radical (unpaired) electrons.